The second kappa shape index (κ2) is 6.45. The zero-order chi connectivity index (χ0) is 13.7. The molecule has 0 bridgehead atoms. The van der Waals surface area contributed by atoms with E-state index in [-0.39, 0.29) is 6.10 Å². The zero-order valence-corrected chi connectivity index (χ0v) is 11.6. The monoisotopic (exact) mass is 263 g/mol. The molecule has 1 aromatic carbocycles. The van der Waals surface area contributed by atoms with Crippen molar-refractivity contribution in [1.29, 1.82) is 0 Å². The number of anilines is 1. The van der Waals surface area contributed by atoms with Crippen molar-refractivity contribution in [2.75, 3.05) is 12.4 Å². The molecule has 0 unspecified atom stereocenters. The Bertz CT molecular complexity index is 439. The van der Waals surface area contributed by atoms with E-state index in [1.54, 1.807) is 7.11 Å². The van der Waals surface area contributed by atoms with E-state index in [1.807, 2.05) is 25.1 Å². The first kappa shape index (κ1) is 13.7. The highest BCUT2D eigenvalue weighted by Crippen LogP contribution is 2.26. The Morgan fingerprint density at radius 3 is 2.68 bits per heavy atom. The van der Waals surface area contributed by atoms with Gasteiger partial charge in [0.05, 0.1) is 12.8 Å². The molecule has 19 heavy (non-hydrogen) atoms. The van der Waals surface area contributed by atoms with Gasteiger partial charge in [-0.25, -0.2) is 4.79 Å². The predicted octanol–water partition coefficient (Wildman–Crippen LogP) is 3.88. The van der Waals surface area contributed by atoms with Gasteiger partial charge >= 0.3 is 6.09 Å². The first-order valence-electron chi connectivity index (χ1n) is 6.81. The molecule has 104 valence electrons. The molecule has 1 amide bonds. The van der Waals surface area contributed by atoms with Crippen molar-refractivity contribution in [2.24, 2.45) is 0 Å². The minimum Gasteiger partial charge on any atom is -0.495 e. The summed E-state index contributed by atoms with van der Waals surface area (Å²) in [5.41, 5.74) is 1.72. The first-order chi connectivity index (χ1) is 9.19. The fourth-order valence-corrected chi connectivity index (χ4v) is 2.39. The van der Waals surface area contributed by atoms with Crippen molar-refractivity contribution in [1.82, 2.24) is 0 Å². The number of benzene rings is 1. The number of carbonyl (C=O) groups excluding carboxylic acids is 1. The predicted molar refractivity (Wildman–Crippen MR) is 74.7 cm³/mol. The fourth-order valence-electron chi connectivity index (χ4n) is 2.39. The number of methoxy groups -OCH3 is 1. The van der Waals surface area contributed by atoms with Crippen molar-refractivity contribution >= 4 is 11.8 Å². The van der Waals surface area contributed by atoms with Crippen molar-refractivity contribution in [3.8, 4) is 5.75 Å². The maximum Gasteiger partial charge on any atom is 0.412 e. The van der Waals surface area contributed by atoms with Gasteiger partial charge < -0.3 is 9.47 Å². The Morgan fingerprint density at radius 2 is 2.00 bits per heavy atom. The number of ether oxygens (including phenoxy) is 2. The van der Waals surface area contributed by atoms with Gasteiger partial charge in [-0.2, -0.15) is 0 Å². The third kappa shape index (κ3) is 3.88. The Morgan fingerprint density at radius 1 is 1.26 bits per heavy atom. The Labute approximate surface area is 114 Å². The molecule has 0 saturated heterocycles. The summed E-state index contributed by atoms with van der Waals surface area (Å²) in [5.74, 6) is 0.645. The number of rotatable bonds is 3. The van der Waals surface area contributed by atoms with Crippen LogP contribution in [0.15, 0.2) is 18.2 Å². The summed E-state index contributed by atoms with van der Waals surface area (Å²) in [7, 11) is 1.59. The maximum absolute atomic E-state index is 11.9. The van der Waals surface area contributed by atoms with Gasteiger partial charge in [-0.05, 0) is 50.3 Å². The minimum absolute atomic E-state index is 0.0598. The average Bonchev–Trinajstić information content (AvgIpc) is 2.40. The molecule has 2 rings (SSSR count). The van der Waals surface area contributed by atoms with Gasteiger partial charge in [0.1, 0.15) is 11.9 Å². The van der Waals surface area contributed by atoms with E-state index in [0.717, 1.165) is 31.2 Å². The van der Waals surface area contributed by atoms with E-state index in [4.69, 9.17) is 9.47 Å². The SMILES string of the molecule is COc1ccc(C)cc1NC(=O)OC1CCCCC1. The molecule has 1 N–H and O–H groups in total. The highest BCUT2D eigenvalue weighted by Gasteiger charge is 2.18. The molecule has 1 fully saturated rings. The van der Waals surface area contributed by atoms with E-state index in [2.05, 4.69) is 5.32 Å². The van der Waals surface area contributed by atoms with Gasteiger partial charge in [-0.1, -0.05) is 12.5 Å². The van der Waals surface area contributed by atoms with Gasteiger partial charge in [0.15, 0.2) is 0 Å². The smallest absolute Gasteiger partial charge is 0.412 e. The minimum atomic E-state index is -0.393. The Kier molecular flexibility index (Phi) is 4.66. The summed E-state index contributed by atoms with van der Waals surface area (Å²) >= 11 is 0. The number of carbonyl (C=O) groups is 1. The van der Waals surface area contributed by atoms with Crippen LogP contribution in [0.3, 0.4) is 0 Å². The maximum atomic E-state index is 11.9. The third-order valence-electron chi connectivity index (χ3n) is 3.42. The van der Waals surface area contributed by atoms with Gasteiger partial charge in [0, 0.05) is 0 Å². The molecule has 0 aromatic heterocycles. The fraction of sp³-hybridized carbons (Fsp3) is 0.533. The molecule has 0 spiro atoms. The van der Waals surface area contributed by atoms with E-state index >= 15 is 0 Å². The largest absolute Gasteiger partial charge is 0.495 e. The molecule has 0 atom stereocenters. The summed E-state index contributed by atoms with van der Waals surface area (Å²) in [6.07, 6.45) is 5.14. The molecule has 4 heteroatoms. The Hall–Kier alpha value is -1.71. The van der Waals surface area contributed by atoms with Crippen LogP contribution in [0.25, 0.3) is 0 Å². The van der Waals surface area contributed by atoms with Crippen LogP contribution in [-0.4, -0.2) is 19.3 Å². The number of hydrogen-bond acceptors (Lipinski definition) is 3. The van der Waals surface area contributed by atoms with Crippen LogP contribution >= 0.6 is 0 Å². The number of hydrogen-bond donors (Lipinski definition) is 1. The summed E-state index contributed by atoms with van der Waals surface area (Å²) in [6.45, 7) is 1.97. The molecule has 0 radical (unpaired) electrons. The molecule has 0 aliphatic heterocycles. The quantitative estimate of drug-likeness (QED) is 0.900. The van der Waals surface area contributed by atoms with Crippen LogP contribution in [0, 0.1) is 6.92 Å². The van der Waals surface area contributed by atoms with Crippen molar-refractivity contribution in [3.05, 3.63) is 23.8 Å². The summed E-state index contributed by atoms with van der Waals surface area (Å²) in [4.78, 5) is 11.9. The summed E-state index contributed by atoms with van der Waals surface area (Å²) < 4.78 is 10.6. The van der Waals surface area contributed by atoms with Gasteiger partial charge in [-0.3, -0.25) is 5.32 Å². The number of aryl methyl sites for hydroxylation is 1. The number of amides is 1. The number of nitrogens with one attached hydrogen (secondary N) is 1. The van der Waals surface area contributed by atoms with Crippen LogP contribution < -0.4 is 10.1 Å². The van der Waals surface area contributed by atoms with Gasteiger partial charge in [0.2, 0.25) is 0 Å². The normalized spacial score (nSPS) is 15.9. The lowest BCUT2D eigenvalue weighted by molar-refractivity contribution is 0.0864. The Balaban J connectivity index is 1.95. The lowest BCUT2D eigenvalue weighted by atomic mass is 9.98. The molecule has 1 aliphatic carbocycles. The van der Waals surface area contributed by atoms with Gasteiger partial charge in [0.25, 0.3) is 0 Å². The topological polar surface area (TPSA) is 47.6 Å². The summed E-state index contributed by atoms with van der Waals surface area (Å²) in [6, 6.07) is 5.66. The summed E-state index contributed by atoms with van der Waals surface area (Å²) in [5, 5.41) is 2.76. The lowest BCUT2D eigenvalue weighted by Gasteiger charge is -2.22. The van der Waals surface area contributed by atoms with Crippen molar-refractivity contribution < 1.29 is 14.3 Å². The molecule has 1 saturated carbocycles. The first-order valence-corrected chi connectivity index (χ1v) is 6.81. The van der Waals surface area contributed by atoms with Crippen LogP contribution in [0.5, 0.6) is 5.75 Å². The molecular formula is C15H21NO3. The molecule has 0 heterocycles. The average molecular weight is 263 g/mol. The van der Waals surface area contributed by atoms with E-state index in [9.17, 15) is 4.79 Å². The van der Waals surface area contributed by atoms with E-state index in [0.29, 0.717) is 11.4 Å². The van der Waals surface area contributed by atoms with Crippen LogP contribution in [0.2, 0.25) is 0 Å². The second-order valence-corrected chi connectivity index (χ2v) is 4.99. The molecular weight excluding hydrogens is 242 g/mol. The standard InChI is InChI=1S/C15H21NO3/c1-11-8-9-14(18-2)13(10-11)16-15(17)19-12-6-4-3-5-7-12/h8-10,12H,3-7H2,1-2H3,(H,16,17). The zero-order valence-electron chi connectivity index (χ0n) is 11.6. The van der Waals surface area contributed by atoms with Crippen LogP contribution in [0.4, 0.5) is 10.5 Å². The van der Waals surface area contributed by atoms with Crippen molar-refractivity contribution in [3.63, 3.8) is 0 Å². The molecule has 4 nitrogen and oxygen atoms in total. The highest BCUT2D eigenvalue weighted by atomic mass is 16.6. The van der Waals surface area contributed by atoms with Crippen LogP contribution in [0.1, 0.15) is 37.7 Å². The van der Waals surface area contributed by atoms with E-state index < -0.39 is 6.09 Å². The highest BCUT2D eigenvalue weighted by molar-refractivity contribution is 5.87. The van der Waals surface area contributed by atoms with Crippen molar-refractivity contribution in [2.45, 2.75) is 45.1 Å². The van der Waals surface area contributed by atoms with Gasteiger partial charge in [-0.15, -0.1) is 0 Å². The molecule has 1 aromatic rings. The van der Waals surface area contributed by atoms with Crippen LogP contribution in [-0.2, 0) is 4.74 Å². The third-order valence-corrected chi connectivity index (χ3v) is 3.42. The molecule has 1 aliphatic rings. The second-order valence-electron chi connectivity index (χ2n) is 4.99. The van der Waals surface area contributed by atoms with E-state index in [1.165, 1.54) is 6.42 Å². The lowest BCUT2D eigenvalue weighted by Crippen LogP contribution is -2.24.